The smallest absolute Gasteiger partial charge is 0.233 e. The van der Waals surface area contributed by atoms with E-state index in [4.69, 9.17) is 4.42 Å². The molecule has 0 aliphatic heterocycles. The lowest BCUT2D eigenvalue weighted by atomic mass is 10.1. The summed E-state index contributed by atoms with van der Waals surface area (Å²) in [5, 5.41) is 6.15. The summed E-state index contributed by atoms with van der Waals surface area (Å²) in [6.07, 6.45) is 4.58. The molecule has 1 heterocycles. The van der Waals surface area contributed by atoms with Gasteiger partial charge in [-0.25, -0.2) is 0 Å². The summed E-state index contributed by atoms with van der Waals surface area (Å²) in [7, 11) is 0. The van der Waals surface area contributed by atoms with Crippen LogP contribution in [0, 0.1) is 5.92 Å². The highest BCUT2D eigenvalue weighted by Crippen LogP contribution is 2.05. The lowest BCUT2D eigenvalue weighted by molar-refractivity contribution is -0.120. The Hall–Kier alpha value is -1.29. The zero-order valence-electron chi connectivity index (χ0n) is 12.2. The van der Waals surface area contributed by atoms with Gasteiger partial charge in [0, 0.05) is 19.0 Å². The first-order valence-corrected chi connectivity index (χ1v) is 7.10. The van der Waals surface area contributed by atoms with Crippen LogP contribution in [0.3, 0.4) is 0 Å². The number of furan rings is 1. The molecular weight excluding hydrogens is 240 g/mol. The Bertz CT molecular complexity index is 347. The van der Waals surface area contributed by atoms with E-state index in [1.807, 2.05) is 12.1 Å². The second-order valence-electron chi connectivity index (χ2n) is 5.43. The summed E-state index contributed by atoms with van der Waals surface area (Å²) in [6.45, 7) is 7.54. The van der Waals surface area contributed by atoms with Crippen LogP contribution in [-0.2, 0) is 11.2 Å². The molecule has 0 bridgehead atoms. The van der Waals surface area contributed by atoms with E-state index in [2.05, 4.69) is 31.4 Å². The third kappa shape index (κ3) is 7.67. The van der Waals surface area contributed by atoms with Gasteiger partial charge in [-0.2, -0.15) is 0 Å². The van der Waals surface area contributed by atoms with Crippen LogP contribution >= 0.6 is 0 Å². The number of carbonyl (C=O) groups excluding carboxylic acids is 1. The standard InChI is InChI=1S/C15H26N2O2/c1-12(2)8-9-16-15(18)11-17-13(3)6-7-14-5-4-10-19-14/h4-5,10,12-13,17H,6-9,11H2,1-3H3,(H,16,18). The first kappa shape index (κ1) is 15.8. The second kappa shape index (κ2) is 8.75. The number of carbonyl (C=O) groups is 1. The van der Waals surface area contributed by atoms with Gasteiger partial charge in [0.25, 0.3) is 0 Å². The maximum atomic E-state index is 11.6. The highest BCUT2D eigenvalue weighted by Gasteiger charge is 2.06. The van der Waals surface area contributed by atoms with E-state index in [0.29, 0.717) is 18.5 Å². The predicted molar refractivity (Wildman–Crippen MR) is 77.0 cm³/mol. The third-order valence-corrected chi connectivity index (χ3v) is 3.06. The predicted octanol–water partition coefficient (Wildman–Crippen LogP) is 2.35. The van der Waals surface area contributed by atoms with Gasteiger partial charge in [0.05, 0.1) is 12.8 Å². The number of aryl methyl sites for hydroxylation is 1. The monoisotopic (exact) mass is 266 g/mol. The highest BCUT2D eigenvalue weighted by molar-refractivity contribution is 5.77. The second-order valence-corrected chi connectivity index (χ2v) is 5.43. The molecule has 1 unspecified atom stereocenters. The van der Waals surface area contributed by atoms with Gasteiger partial charge in [-0.05, 0) is 37.8 Å². The minimum absolute atomic E-state index is 0.0745. The van der Waals surface area contributed by atoms with Crippen molar-refractivity contribution < 1.29 is 9.21 Å². The number of nitrogens with one attached hydrogen (secondary N) is 2. The summed E-state index contributed by atoms with van der Waals surface area (Å²) < 4.78 is 5.28. The molecule has 0 aliphatic carbocycles. The van der Waals surface area contributed by atoms with Gasteiger partial charge in [0.15, 0.2) is 0 Å². The Balaban J connectivity index is 2.05. The number of rotatable bonds is 9. The van der Waals surface area contributed by atoms with Crippen molar-refractivity contribution in [2.75, 3.05) is 13.1 Å². The van der Waals surface area contributed by atoms with E-state index < -0.39 is 0 Å². The van der Waals surface area contributed by atoms with Gasteiger partial charge >= 0.3 is 0 Å². The normalized spacial score (nSPS) is 12.6. The average molecular weight is 266 g/mol. The van der Waals surface area contributed by atoms with E-state index in [0.717, 1.165) is 31.6 Å². The molecule has 19 heavy (non-hydrogen) atoms. The van der Waals surface area contributed by atoms with Crippen molar-refractivity contribution in [3.63, 3.8) is 0 Å². The van der Waals surface area contributed by atoms with Gasteiger partial charge < -0.3 is 15.1 Å². The molecular formula is C15H26N2O2. The van der Waals surface area contributed by atoms with E-state index >= 15 is 0 Å². The van der Waals surface area contributed by atoms with Gasteiger partial charge in [0.1, 0.15) is 5.76 Å². The van der Waals surface area contributed by atoms with Crippen LogP contribution in [0.2, 0.25) is 0 Å². The van der Waals surface area contributed by atoms with Crippen molar-refractivity contribution in [3.05, 3.63) is 24.2 Å². The van der Waals surface area contributed by atoms with Crippen LogP contribution in [0.4, 0.5) is 0 Å². The topological polar surface area (TPSA) is 54.3 Å². The van der Waals surface area contributed by atoms with Crippen LogP contribution < -0.4 is 10.6 Å². The van der Waals surface area contributed by atoms with E-state index in [9.17, 15) is 4.79 Å². The van der Waals surface area contributed by atoms with Crippen LogP contribution in [0.15, 0.2) is 22.8 Å². The van der Waals surface area contributed by atoms with Crippen LogP contribution in [-0.4, -0.2) is 25.0 Å². The molecule has 1 amide bonds. The van der Waals surface area contributed by atoms with Crippen molar-refractivity contribution in [1.29, 1.82) is 0 Å². The van der Waals surface area contributed by atoms with Gasteiger partial charge in [-0.1, -0.05) is 13.8 Å². The highest BCUT2D eigenvalue weighted by atomic mass is 16.3. The summed E-state index contributed by atoms with van der Waals surface area (Å²) in [4.78, 5) is 11.6. The van der Waals surface area contributed by atoms with Gasteiger partial charge in [-0.15, -0.1) is 0 Å². The Morgan fingerprint density at radius 1 is 1.32 bits per heavy atom. The zero-order chi connectivity index (χ0) is 14.1. The lowest BCUT2D eigenvalue weighted by Gasteiger charge is -2.13. The molecule has 1 atom stereocenters. The van der Waals surface area contributed by atoms with E-state index in [1.54, 1.807) is 6.26 Å². The molecule has 0 radical (unpaired) electrons. The van der Waals surface area contributed by atoms with E-state index in [1.165, 1.54) is 0 Å². The lowest BCUT2D eigenvalue weighted by Crippen LogP contribution is -2.38. The van der Waals surface area contributed by atoms with Crippen molar-refractivity contribution in [1.82, 2.24) is 10.6 Å². The average Bonchev–Trinajstić information content (AvgIpc) is 2.86. The van der Waals surface area contributed by atoms with Crippen molar-refractivity contribution in [2.45, 2.75) is 46.1 Å². The first-order valence-electron chi connectivity index (χ1n) is 7.10. The summed E-state index contributed by atoms with van der Waals surface area (Å²) in [6, 6.07) is 4.18. The minimum atomic E-state index is 0.0745. The summed E-state index contributed by atoms with van der Waals surface area (Å²) >= 11 is 0. The molecule has 1 aromatic rings. The van der Waals surface area contributed by atoms with Crippen LogP contribution in [0.1, 0.15) is 39.4 Å². The maximum Gasteiger partial charge on any atom is 0.233 e. The minimum Gasteiger partial charge on any atom is -0.469 e. The molecule has 2 N–H and O–H groups in total. The summed E-state index contributed by atoms with van der Waals surface area (Å²) in [5.74, 6) is 1.70. The third-order valence-electron chi connectivity index (χ3n) is 3.06. The maximum absolute atomic E-state index is 11.6. The van der Waals surface area contributed by atoms with Crippen LogP contribution in [0.5, 0.6) is 0 Å². The number of hydrogen-bond acceptors (Lipinski definition) is 3. The van der Waals surface area contributed by atoms with Crippen molar-refractivity contribution in [2.24, 2.45) is 5.92 Å². The molecule has 0 fully saturated rings. The number of amides is 1. The molecule has 0 spiro atoms. The number of hydrogen-bond donors (Lipinski definition) is 2. The molecule has 0 saturated carbocycles. The van der Waals surface area contributed by atoms with Crippen molar-refractivity contribution >= 4 is 5.91 Å². The van der Waals surface area contributed by atoms with Gasteiger partial charge in [-0.3, -0.25) is 4.79 Å². The van der Waals surface area contributed by atoms with Crippen LogP contribution in [0.25, 0.3) is 0 Å². The molecule has 0 saturated heterocycles. The molecule has 1 rings (SSSR count). The Morgan fingerprint density at radius 3 is 2.74 bits per heavy atom. The fourth-order valence-corrected chi connectivity index (χ4v) is 1.75. The SMILES string of the molecule is CC(C)CCNC(=O)CNC(C)CCc1ccco1. The van der Waals surface area contributed by atoms with Crippen molar-refractivity contribution in [3.8, 4) is 0 Å². The molecule has 4 heteroatoms. The van der Waals surface area contributed by atoms with E-state index in [-0.39, 0.29) is 5.91 Å². The molecule has 4 nitrogen and oxygen atoms in total. The fraction of sp³-hybridized carbons (Fsp3) is 0.667. The molecule has 0 aliphatic rings. The first-order chi connectivity index (χ1) is 9.08. The zero-order valence-corrected chi connectivity index (χ0v) is 12.2. The Morgan fingerprint density at radius 2 is 2.11 bits per heavy atom. The molecule has 108 valence electrons. The summed E-state index contributed by atoms with van der Waals surface area (Å²) in [5.41, 5.74) is 0. The van der Waals surface area contributed by atoms with Gasteiger partial charge in [0.2, 0.25) is 5.91 Å². The molecule has 1 aromatic heterocycles. The largest absolute Gasteiger partial charge is 0.469 e. The Labute approximate surface area is 116 Å². The fourth-order valence-electron chi connectivity index (χ4n) is 1.75. The quantitative estimate of drug-likeness (QED) is 0.721. The molecule has 0 aromatic carbocycles. The Kier molecular flexibility index (Phi) is 7.26.